The van der Waals surface area contributed by atoms with E-state index in [1.54, 1.807) is 0 Å². The van der Waals surface area contributed by atoms with Gasteiger partial charge in [-0.3, -0.25) is 14.4 Å². The summed E-state index contributed by atoms with van der Waals surface area (Å²) >= 11 is 0. The second-order valence-corrected chi connectivity index (χ2v) is 21.4. The average Bonchev–Trinajstić information content (AvgIpc) is 3.30. The van der Waals surface area contributed by atoms with Crippen LogP contribution in [0.2, 0.25) is 0 Å². The lowest BCUT2D eigenvalue weighted by Gasteiger charge is -2.18. The van der Waals surface area contributed by atoms with Crippen molar-refractivity contribution in [1.29, 1.82) is 0 Å². The molecular formula is C60H116O6. The summed E-state index contributed by atoms with van der Waals surface area (Å²) in [7, 11) is 0. The first-order valence-electron chi connectivity index (χ1n) is 29.8. The van der Waals surface area contributed by atoms with Crippen molar-refractivity contribution in [2.75, 3.05) is 13.2 Å². The highest BCUT2D eigenvalue weighted by atomic mass is 16.6. The van der Waals surface area contributed by atoms with Gasteiger partial charge < -0.3 is 14.2 Å². The van der Waals surface area contributed by atoms with E-state index in [4.69, 9.17) is 14.2 Å². The zero-order chi connectivity index (χ0) is 48.2. The van der Waals surface area contributed by atoms with Gasteiger partial charge in [-0.15, -0.1) is 0 Å². The molecule has 0 aliphatic heterocycles. The zero-order valence-corrected chi connectivity index (χ0v) is 45.3. The molecule has 2 atom stereocenters. The molecule has 0 N–H and O–H groups in total. The lowest BCUT2D eigenvalue weighted by Crippen LogP contribution is -2.30. The first kappa shape index (κ1) is 64.4. The molecule has 0 radical (unpaired) electrons. The van der Waals surface area contributed by atoms with E-state index in [1.165, 1.54) is 225 Å². The Balaban J connectivity index is 4.21. The molecule has 0 saturated heterocycles. The Kier molecular flexibility index (Phi) is 51.5. The Morgan fingerprint density at radius 2 is 0.576 bits per heavy atom. The van der Waals surface area contributed by atoms with E-state index < -0.39 is 6.10 Å². The molecular weight excluding hydrogens is 817 g/mol. The Morgan fingerprint density at radius 1 is 0.318 bits per heavy atom. The summed E-state index contributed by atoms with van der Waals surface area (Å²) in [6.45, 7) is 11.4. The summed E-state index contributed by atoms with van der Waals surface area (Å²) in [6.07, 6.45) is 56.7. The molecule has 6 nitrogen and oxygen atoms in total. The van der Waals surface area contributed by atoms with Gasteiger partial charge in [0.05, 0.1) is 0 Å². The van der Waals surface area contributed by atoms with Crippen molar-refractivity contribution in [2.45, 2.75) is 343 Å². The van der Waals surface area contributed by atoms with E-state index in [0.29, 0.717) is 19.3 Å². The number of hydrogen-bond acceptors (Lipinski definition) is 6. The summed E-state index contributed by atoms with van der Waals surface area (Å²) < 4.78 is 16.9. The maximum Gasteiger partial charge on any atom is 0.306 e. The van der Waals surface area contributed by atoms with Crippen LogP contribution in [0.3, 0.4) is 0 Å². The maximum atomic E-state index is 12.8. The number of unbranched alkanes of at least 4 members (excludes halogenated alkanes) is 38. The molecule has 0 heterocycles. The van der Waals surface area contributed by atoms with Crippen LogP contribution >= 0.6 is 0 Å². The van der Waals surface area contributed by atoms with Crippen LogP contribution in [0.25, 0.3) is 0 Å². The van der Waals surface area contributed by atoms with Crippen molar-refractivity contribution >= 4 is 17.9 Å². The average molecular weight is 934 g/mol. The van der Waals surface area contributed by atoms with Crippen molar-refractivity contribution in [3.63, 3.8) is 0 Å². The molecule has 0 bridgehead atoms. The number of esters is 3. The highest BCUT2D eigenvalue weighted by Crippen LogP contribution is 2.19. The van der Waals surface area contributed by atoms with Crippen LogP contribution in [0, 0.1) is 11.8 Å². The normalized spacial score (nSPS) is 12.5. The third-order valence-corrected chi connectivity index (χ3v) is 14.1. The van der Waals surface area contributed by atoms with E-state index in [2.05, 4.69) is 34.6 Å². The van der Waals surface area contributed by atoms with Gasteiger partial charge in [0.2, 0.25) is 0 Å². The van der Waals surface area contributed by atoms with Crippen molar-refractivity contribution in [2.24, 2.45) is 11.8 Å². The molecule has 0 rings (SSSR count). The van der Waals surface area contributed by atoms with Gasteiger partial charge in [-0.05, 0) is 31.1 Å². The standard InChI is InChI=1S/C60H116O6/c1-6-8-9-10-11-12-13-14-19-24-27-30-37-42-47-52-60(63)66-57(54-65-59(62)51-46-41-36-32-31-33-38-43-48-55(3)4)53-64-58(61)50-45-40-35-29-26-23-21-18-16-15-17-20-22-25-28-34-39-44-49-56(5)7-2/h55-57H,6-54H2,1-5H3/t56?,57-/m1/s1. The molecule has 0 aromatic heterocycles. The SMILES string of the molecule is CCCCCCCCCCCCCCCCCC(=O)O[C@H](COC(=O)CCCCCCCCCCCCCCCCCCCCC(C)CC)COC(=O)CCCCCCCCCCC(C)C. The van der Waals surface area contributed by atoms with E-state index >= 15 is 0 Å². The Morgan fingerprint density at radius 3 is 0.864 bits per heavy atom. The van der Waals surface area contributed by atoms with Gasteiger partial charge in [-0.25, -0.2) is 0 Å². The van der Waals surface area contributed by atoms with E-state index in [9.17, 15) is 14.4 Å². The maximum absolute atomic E-state index is 12.8. The molecule has 0 aliphatic rings. The van der Waals surface area contributed by atoms with Crippen LogP contribution in [-0.2, 0) is 28.6 Å². The largest absolute Gasteiger partial charge is 0.462 e. The minimum atomic E-state index is -0.763. The van der Waals surface area contributed by atoms with Crippen LogP contribution < -0.4 is 0 Å². The Bertz CT molecular complexity index is 1010. The van der Waals surface area contributed by atoms with Crippen molar-refractivity contribution in [3.05, 3.63) is 0 Å². The molecule has 0 saturated carbocycles. The van der Waals surface area contributed by atoms with Gasteiger partial charge in [0.1, 0.15) is 13.2 Å². The fourth-order valence-corrected chi connectivity index (χ4v) is 9.20. The predicted octanol–water partition coefficient (Wildman–Crippen LogP) is 19.7. The van der Waals surface area contributed by atoms with Crippen molar-refractivity contribution in [1.82, 2.24) is 0 Å². The number of hydrogen-bond donors (Lipinski definition) is 0. The molecule has 0 aliphatic carbocycles. The quantitative estimate of drug-likeness (QED) is 0.0343. The predicted molar refractivity (Wildman–Crippen MR) is 284 cm³/mol. The van der Waals surface area contributed by atoms with Gasteiger partial charge in [0.15, 0.2) is 6.10 Å². The molecule has 392 valence electrons. The molecule has 66 heavy (non-hydrogen) atoms. The van der Waals surface area contributed by atoms with E-state index in [0.717, 1.165) is 69.6 Å². The topological polar surface area (TPSA) is 78.9 Å². The fraction of sp³-hybridized carbons (Fsp3) is 0.950. The number of carbonyl (C=O) groups excluding carboxylic acids is 3. The first-order chi connectivity index (χ1) is 32.3. The second kappa shape index (κ2) is 52.8. The van der Waals surface area contributed by atoms with Gasteiger partial charge in [-0.1, -0.05) is 298 Å². The van der Waals surface area contributed by atoms with Gasteiger partial charge in [0.25, 0.3) is 0 Å². The van der Waals surface area contributed by atoms with Crippen molar-refractivity contribution < 1.29 is 28.6 Å². The van der Waals surface area contributed by atoms with Crippen molar-refractivity contribution in [3.8, 4) is 0 Å². The minimum absolute atomic E-state index is 0.0629. The van der Waals surface area contributed by atoms with Crippen LogP contribution in [0.4, 0.5) is 0 Å². The van der Waals surface area contributed by atoms with Gasteiger partial charge >= 0.3 is 17.9 Å². The molecule has 6 heteroatoms. The van der Waals surface area contributed by atoms with Crippen LogP contribution in [0.5, 0.6) is 0 Å². The summed E-state index contributed by atoms with van der Waals surface area (Å²) in [4.78, 5) is 38.1. The molecule has 0 spiro atoms. The lowest BCUT2D eigenvalue weighted by molar-refractivity contribution is -0.167. The number of rotatable bonds is 54. The molecule has 1 unspecified atom stereocenters. The lowest BCUT2D eigenvalue weighted by atomic mass is 9.99. The number of carbonyl (C=O) groups is 3. The minimum Gasteiger partial charge on any atom is -0.462 e. The second-order valence-electron chi connectivity index (χ2n) is 21.4. The third-order valence-electron chi connectivity index (χ3n) is 14.1. The molecule has 0 aromatic carbocycles. The number of ether oxygens (including phenoxy) is 3. The summed E-state index contributed by atoms with van der Waals surface area (Å²) in [6, 6.07) is 0. The van der Waals surface area contributed by atoms with Gasteiger partial charge in [0, 0.05) is 19.3 Å². The highest BCUT2D eigenvalue weighted by Gasteiger charge is 2.19. The highest BCUT2D eigenvalue weighted by molar-refractivity contribution is 5.71. The van der Waals surface area contributed by atoms with Crippen LogP contribution in [0.1, 0.15) is 336 Å². The van der Waals surface area contributed by atoms with Gasteiger partial charge in [-0.2, -0.15) is 0 Å². The Hall–Kier alpha value is -1.59. The molecule has 0 fully saturated rings. The van der Waals surface area contributed by atoms with Crippen LogP contribution in [-0.4, -0.2) is 37.2 Å². The molecule has 0 amide bonds. The smallest absolute Gasteiger partial charge is 0.306 e. The fourth-order valence-electron chi connectivity index (χ4n) is 9.20. The zero-order valence-electron chi connectivity index (χ0n) is 45.3. The first-order valence-corrected chi connectivity index (χ1v) is 29.8. The third kappa shape index (κ3) is 51.8. The monoisotopic (exact) mass is 933 g/mol. The summed E-state index contributed by atoms with van der Waals surface area (Å²) in [5, 5.41) is 0. The van der Waals surface area contributed by atoms with Crippen LogP contribution in [0.15, 0.2) is 0 Å². The summed E-state index contributed by atoms with van der Waals surface area (Å²) in [5.74, 6) is 0.866. The summed E-state index contributed by atoms with van der Waals surface area (Å²) in [5.41, 5.74) is 0. The molecule has 0 aromatic rings. The van der Waals surface area contributed by atoms with E-state index in [-0.39, 0.29) is 31.1 Å². The van der Waals surface area contributed by atoms with E-state index in [1.807, 2.05) is 0 Å². The Labute approximate surface area is 412 Å².